The molecule has 0 amide bonds. The van der Waals surface area contributed by atoms with Crippen molar-refractivity contribution < 1.29 is 0 Å². The molecule has 1 aromatic rings. The molecule has 0 atom stereocenters. The molecule has 92 valence electrons. The van der Waals surface area contributed by atoms with E-state index < -0.39 is 0 Å². The minimum Gasteiger partial charge on any atom is -0.384 e. The smallest absolute Gasteiger partial charge is 0.101 e. The average Bonchev–Trinajstić information content (AvgIpc) is 2.35. The maximum absolute atomic E-state index is 8.76. The Morgan fingerprint density at radius 3 is 2.59 bits per heavy atom. The van der Waals surface area contributed by atoms with Crippen molar-refractivity contribution >= 4 is 17.3 Å². The summed E-state index contributed by atoms with van der Waals surface area (Å²) in [5.41, 5.74) is 1.47. The second kappa shape index (κ2) is 7.16. The number of benzene rings is 1. The van der Waals surface area contributed by atoms with Gasteiger partial charge in [-0.3, -0.25) is 0 Å². The lowest BCUT2D eigenvalue weighted by molar-refractivity contribution is 0.316. The fourth-order valence-corrected chi connectivity index (χ4v) is 1.84. The van der Waals surface area contributed by atoms with Crippen LogP contribution in [0.2, 0.25) is 5.02 Å². The van der Waals surface area contributed by atoms with E-state index in [1.807, 2.05) is 12.1 Å². The van der Waals surface area contributed by atoms with Crippen LogP contribution in [0.3, 0.4) is 0 Å². The lowest BCUT2D eigenvalue weighted by Crippen LogP contribution is -2.28. The summed E-state index contributed by atoms with van der Waals surface area (Å²) < 4.78 is 0. The second-order valence-corrected chi connectivity index (χ2v) is 4.17. The first kappa shape index (κ1) is 13.8. The predicted molar refractivity (Wildman–Crippen MR) is 72.4 cm³/mol. The van der Waals surface area contributed by atoms with Crippen LogP contribution >= 0.6 is 11.6 Å². The molecule has 3 nitrogen and oxygen atoms in total. The topological polar surface area (TPSA) is 39.1 Å². The van der Waals surface area contributed by atoms with E-state index >= 15 is 0 Å². The standard InChI is InChI=1S/C13H18ClN3/c1-3-17(4-2)8-7-16-12-6-5-11(10-15)13(14)9-12/h5-6,9,16H,3-4,7-8H2,1-2H3. The highest BCUT2D eigenvalue weighted by atomic mass is 35.5. The molecule has 1 N–H and O–H groups in total. The zero-order valence-corrected chi connectivity index (χ0v) is 11.1. The molecular weight excluding hydrogens is 234 g/mol. The summed E-state index contributed by atoms with van der Waals surface area (Å²) in [7, 11) is 0. The fraction of sp³-hybridized carbons (Fsp3) is 0.462. The van der Waals surface area contributed by atoms with Crippen molar-refractivity contribution in [1.82, 2.24) is 4.90 Å². The van der Waals surface area contributed by atoms with Crippen LogP contribution in [0.15, 0.2) is 18.2 Å². The lowest BCUT2D eigenvalue weighted by Gasteiger charge is -2.18. The van der Waals surface area contributed by atoms with Crippen molar-refractivity contribution in [1.29, 1.82) is 5.26 Å². The van der Waals surface area contributed by atoms with Gasteiger partial charge in [0.1, 0.15) is 6.07 Å². The monoisotopic (exact) mass is 251 g/mol. The summed E-state index contributed by atoms with van der Waals surface area (Å²) in [6.07, 6.45) is 0. The number of anilines is 1. The molecule has 0 heterocycles. The highest BCUT2D eigenvalue weighted by Gasteiger charge is 2.01. The second-order valence-electron chi connectivity index (χ2n) is 3.76. The predicted octanol–water partition coefficient (Wildman–Crippen LogP) is 2.97. The van der Waals surface area contributed by atoms with Gasteiger partial charge in [0, 0.05) is 18.8 Å². The number of halogens is 1. The van der Waals surface area contributed by atoms with Gasteiger partial charge in [-0.1, -0.05) is 25.4 Å². The Morgan fingerprint density at radius 1 is 1.35 bits per heavy atom. The number of rotatable bonds is 6. The zero-order chi connectivity index (χ0) is 12.7. The Bertz CT molecular complexity index is 394. The number of likely N-dealkylation sites (N-methyl/N-ethyl adjacent to an activating group) is 1. The molecule has 0 saturated carbocycles. The van der Waals surface area contributed by atoms with Crippen LogP contribution in [0.1, 0.15) is 19.4 Å². The maximum atomic E-state index is 8.76. The molecule has 0 aliphatic heterocycles. The molecule has 0 fully saturated rings. The molecule has 4 heteroatoms. The number of nitriles is 1. The lowest BCUT2D eigenvalue weighted by atomic mass is 10.2. The van der Waals surface area contributed by atoms with Crippen molar-refractivity contribution in [3.8, 4) is 6.07 Å². The van der Waals surface area contributed by atoms with Gasteiger partial charge in [0.25, 0.3) is 0 Å². The van der Waals surface area contributed by atoms with Crippen LogP contribution in [0, 0.1) is 11.3 Å². The van der Waals surface area contributed by atoms with Crippen molar-refractivity contribution in [2.24, 2.45) is 0 Å². The van der Waals surface area contributed by atoms with Gasteiger partial charge in [0.15, 0.2) is 0 Å². The SMILES string of the molecule is CCN(CC)CCNc1ccc(C#N)c(Cl)c1. The van der Waals surface area contributed by atoms with E-state index in [1.54, 1.807) is 12.1 Å². The van der Waals surface area contributed by atoms with Crippen LogP contribution in [0.25, 0.3) is 0 Å². The Balaban J connectivity index is 2.48. The number of hydrogen-bond donors (Lipinski definition) is 1. The van der Waals surface area contributed by atoms with Gasteiger partial charge < -0.3 is 10.2 Å². The summed E-state index contributed by atoms with van der Waals surface area (Å²) >= 11 is 5.95. The zero-order valence-electron chi connectivity index (χ0n) is 10.3. The Morgan fingerprint density at radius 2 is 2.06 bits per heavy atom. The highest BCUT2D eigenvalue weighted by Crippen LogP contribution is 2.19. The molecule has 0 bridgehead atoms. The molecule has 0 spiro atoms. The van der Waals surface area contributed by atoms with Crippen LogP contribution in [-0.4, -0.2) is 31.1 Å². The molecular formula is C13H18ClN3. The Hall–Kier alpha value is -1.24. The summed E-state index contributed by atoms with van der Waals surface area (Å²) in [5, 5.41) is 12.6. The van der Waals surface area contributed by atoms with Gasteiger partial charge in [-0.05, 0) is 31.3 Å². The van der Waals surface area contributed by atoms with Crippen LogP contribution in [-0.2, 0) is 0 Å². The third-order valence-electron chi connectivity index (χ3n) is 2.74. The molecule has 0 aromatic heterocycles. The number of hydrogen-bond acceptors (Lipinski definition) is 3. The molecule has 1 rings (SSSR count). The minimum atomic E-state index is 0.500. The van der Waals surface area contributed by atoms with Crippen LogP contribution in [0.4, 0.5) is 5.69 Å². The minimum absolute atomic E-state index is 0.500. The average molecular weight is 252 g/mol. The Kier molecular flexibility index (Phi) is 5.82. The molecule has 1 aromatic carbocycles. The van der Waals surface area contributed by atoms with E-state index in [1.165, 1.54) is 0 Å². The van der Waals surface area contributed by atoms with Crippen molar-refractivity contribution in [2.45, 2.75) is 13.8 Å². The molecule has 0 saturated heterocycles. The van der Waals surface area contributed by atoms with E-state index in [9.17, 15) is 0 Å². The van der Waals surface area contributed by atoms with E-state index in [0.29, 0.717) is 10.6 Å². The van der Waals surface area contributed by atoms with E-state index in [-0.39, 0.29) is 0 Å². The van der Waals surface area contributed by atoms with Crippen molar-refractivity contribution in [3.05, 3.63) is 28.8 Å². The maximum Gasteiger partial charge on any atom is 0.101 e. The van der Waals surface area contributed by atoms with Gasteiger partial charge in [-0.2, -0.15) is 5.26 Å². The highest BCUT2D eigenvalue weighted by molar-refractivity contribution is 6.32. The largest absolute Gasteiger partial charge is 0.384 e. The molecule has 0 radical (unpaired) electrons. The van der Waals surface area contributed by atoms with Crippen LogP contribution in [0.5, 0.6) is 0 Å². The number of nitrogens with zero attached hydrogens (tertiary/aromatic N) is 2. The fourth-order valence-electron chi connectivity index (χ4n) is 1.61. The first-order valence-corrected chi connectivity index (χ1v) is 6.25. The normalized spacial score (nSPS) is 10.3. The van der Waals surface area contributed by atoms with Gasteiger partial charge in [-0.15, -0.1) is 0 Å². The van der Waals surface area contributed by atoms with Crippen LogP contribution < -0.4 is 5.32 Å². The first-order valence-electron chi connectivity index (χ1n) is 5.87. The third kappa shape index (κ3) is 4.26. The summed E-state index contributed by atoms with van der Waals surface area (Å²) in [6.45, 7) is 8.32. The number of nitrogens with one attached hydrogen (secondary N) is 1. The van der Waals surface area contributed by atoms with Gasteiger partial charge >= 0.3 is 0 Å². The first-order chi connectivity index (χ1) is 8.21. The van der Waals surface area contributed by atoms with E-state index in [0.717, 1.165) is 31.9 Å². The van der Waals surface area contributed by atoms with Gasteiger partial charge in [0.2, 0.25) is 0 Å². The summed E-state index contributed by atoms with van der Waals surface area (Å²) in [5.74, 6) is 0. The molecule has 0 aliphatic carbocycles. The van der Waals surface area contributed by atoms with E-state index in [4.69, 9.17) is 16.9 Å². The summed E-state index contributed by atoms with van der Waals surface area (Å²) in [4.78, 5) is 2.35. The third-order valence-corrected chi connectivity index (χ3v) is 3.05. The Labute approximate surface area is 108 Å². The van der Waals surface area contributed by atoms with E-state index in [2.05, 4.69) is 24.1 Å². The van der Waals surface area contributed by atoms with Crippen molar-refractivity contribution in [3.63, 3.8) is 0 Å². The molecule has 0 unspecified atom stereocenters. The van der Waals surface area contributed by atoms with Gasteiger partial charge in [-0.25, -0.2) is 0 Å². The van der Waals surface area contributed by atoms with Gasteiger partial charge in [0.05, 0.1) is 10.6 Å². The molecule has 0 aliphatic rings. The van der Waals surface area contributed by atoms with Crippen molar-refractivity contribution in [2.75, 3.05) is 31.5 Å². The quantitative estimate of drug-likeness (QED) is 0.845. The molecule has 17 heavy (non-hydrogen) atoms. The summed E-state index contributed by atoms with van der Waals surface area (Å²) in [6, 6.07) is 7.46.